The zero-order chi connectivity index (χ0) is 11.4. The van der Waals surface area contributed by atoms with Gasteiger partial charge in [0.2, 0.25) is 0 Å². The molecule has 84 valence electrons. The Balaban J connectivity index is 2.16. The van der Waals surface area contributed by atoms with E-state index in [-0.39, 0.29) is 0 Å². The molecule has 0 radical (unpaired) electrons. The molecule has 0 spiro atoms. The minimum atomic E-state index is 0.319. The number of aromatic nitrogens is 1. The van der Waals surface area contributed by atoms with Crippen molar-refractivity contribution in [3.05, 3.63) is 50.9 Å². The summed E-state index contributed by atoms with van der Waals surface area (Å²) in [5.41, 5.74) is 2.58. The van der Waals surface area contributed by atoms with Crippen LogP contribution < -0.4 is 5.32 Å². The van der Waals surface area contributed by atoms with Crippen molar-refractivity contribution in [2.45, 2.75) is 12.5 Å². The SMILES string of the molecule is CNC(Cc1ccsc1)c1cncc(Br)c1. The summed E-state index contributed by atoms with van der Waals surface area (Å²) in [5, 5.41) is 7.63. The van der Waals surface area contributed by atoms with Gasteiger partial charge in [0.25, 0.3) is 0 Å². The monoisotopic (exact) mass is 296 g/mol. The summed E-state index contributed by atoms with van der Waals surface area (Å²) in [7, 11) is 1.98. The molecule has 0 aliphatic carbocycles. The third-order valence-corrected chi connectivity index (χ3v) is 3.66. The first-order valence-electron chi connectivity index (χ1n) is 5.08. The highest BCUT2D eigenvalue weighted by atomic mass is 79.9. The zero-order valence-electron chi connectivity index (χ0n) is 8.98. The second kappa shape index (κ2) is 5.57. The van der Waals surface area contributed by atoms with Crippen molar-refractivity contribution in [3.63, 3.8) is 0 Å². The van der Waals surface area contributed by atoms with Gasteiger partial charge in [0.1, 0.15) is 0 Å². The van der Waals surface area contributed by atoms with Crippen LogP contribution in [0.15, 0.2) is 39.8 Å². The molecule has 0 aliphatic heterocycles. The number of nitrogens with zero attached hydrogens (tertiary/aromatic N) is 1. The van der Waals surface area contributed by atoms with Crippen molar-refractivity contribution in [2.75, 3.05) is 7.05 Å². The lowest BCUT2D eigenvalue weighted by Gasteiger charge is -2.15. The fraction of sp³-hybridized carbons (Fsp3) is 0.250. The number of thiophene rings is 1. The van der Waals surface area contributed by atoms with Gasteiger partial charge in [-0.1, -0.05) is 0 Å². The molecule has 4 heteroatoms. The maximum atomic E-state index is 4.20. The summed E-state index contributed by atoms with van der Waals surface area (Å²) < 4.78 is 1.02. The highest BCUT2D eigenvalue weighted by Gasteiger charge is 2.10. The van der Waals surface area contributed by atoms with Gasteiger partial charge in [0.05, 0.1) is 0 Å². The molecule has 0 aromatic carbocycles. The summed E-state index contributed by atoms with van der Waals surface area (Å²) in [6.07, 6.45) is 4.72. The second-order valence-corrected chi connectivity index (χ2v) is 5.31. The Labute approximate surface area is 108 Å². The number of hydrogen-bond acceptors (Lipinski definition) is 3. The van der Waals surface area contributed by atoms with Crippen molar-refractivity contribution in [1.82, 2.24) is 10.3 Å². The first-order valence-corrected chi connectivity index (χ1v) is 6.82. The average Bonchev–Trinajstić information content (AvgIpc) is 2.78. The number of pyridine rings is 1. The van der Waals surface area contributed by atoms with E-state index < -0.39 is 0 Å². The summed E-state index contributed by atoms with van der Waals surface area (Å²) >= 11 is 5.19. The number of likely N-dealkylation sites (N-methyl/N-ethyl adjacent to an activating group) is 1. The molecule has 1 unspecified atom stereocenters. The van der Waals surface area contributed by atoms with Gasteiger partial charge in [-0.25, -0.2) is 0 Å². The Hall–Kier alpha value is -0.710. The van der Waals surface area contributed by atoms with Crippen molar-refractivity contribution in [1.29, 1.82) is 0 Å². The molecule has 2 aromatic heterocycles. The van der Waals surface area contributed by atoms with Gasteiger partial charge in [-0.05, 0) is 63.4 Å². The molecular weight excluding hydrogens is 284 g/mol. The van der Waals surface area contributed by atoms with Crippen LogP contribution in [0.1, 0.15) is 17.2 Å². The highest BCUT2D eigenvalue weighted by Crippen LogP contribution is 2.21. The van der Waals surface area contributed by atoms with Crippen molar-refractivity contribution < 1.29 is 0 Å². The van der Waals surface area contributed by atoms with Crippen LogP contribution in [0.3, 0.4) is 0 Å². The smallest absolute Gasteiger partial charge is 0.0410 e. The largest absolute Gasteiger partial charge is 0.313 e. The van der Waals surface area contributed by atoms with Gasteiger partial charge in [-0.3, -0.25) is 4.98 Å². The lowest BCUT2D eigenvalue weighted by atomic mass is 10.0. The van der Waals surface area contributed by atoms with Gasteiger partial charge < -0.3 is 5.32 Å². The molecule has 0 fully saturated rings. The number of rotatable bonds is 4. The third kappa shape index (κ3) is 2.90. The molecule has 2 heterocycles. The van der Waals surface area contributed by atoms with E-state index in [0.29, 0.717) is 6.04 Å². The van der Waals surface area contributed by atoms with Crippen LogP contribution in [-0.4, -0.2) is 12.0 Å². The number of hydrogen-bond donors (Lipinski definition) is 1. The fourth-order valence-electron chi connectivity index (χ4n) is 1.65. The molecule has 0 saturated carbocycles. The van der Waals surface area contributed by atoms with Crippen molar-refractivity contribution >= 4 is 27.3 Å². The van der Waals surface area contributed by atoms with Gasteiger partial charge in [-0.15, -0.1) is 0 Å². The minimum absolute atomic E-state index is 0.319. The van der Waals surface area contributed by atoms with E-state index in [1.807, 2.05) is 13.2 Å². The topological polar surface area (TPSA) is 24.9 Å². The van der Waals surface area contributed by atoms with Crippen LogP contribution in [0.25, 0.3) is 0 Å². The average molecular weight is 297 g/mol. The van der Waals surface area contributed by atoms with Gasteiger partial charge in [0.15, 0.2) is 0 Å². The molecule has 16 heavy (non-hydrogen) atoms. The maximum Gasteiger partial charge on any atom is 0.0410 e. The highest BCUT2D eigenvalue weighted by molar-refractivity contribution is 9.10. The number of halogens is 1. The van der Waals surface area contributed by atoms with Crippen molar-refractivity contribution in [2.24, 2.45) is 0 Å². The fourth-order valence-corrected chi connectivity index (χ4v) is 2.71. The minimum Gasteiger partial charge on any atom is -0.313 e. The van der Waals surface area contributed by atoms with Gasteiger partial charge in [-0.2, -0.15) is 11.3 Å². The van der Waals surface area contributed by atoms with Crippen LogP contribution >= 0.6 is 27.3 Å². The summed E-state index contributed by atoms with van der Waals surface area (Å²) in [6, 6.07) is 4.60. The van der Waals surface area contributed by atoms with Crippen LogP contribution in [0.4, 0.5) is 0 Å². The van der Waals surface area contributed by atoms with E-state index in [2.05, 4.69) is 49.1 Å². The molecule has 0 saturated heterocycles. The molecular formula is C12H13BrN2S. The summed E-state index contributed by atoms with van der Waals surface area (Å²) in [6.45, 7) is 0. The first kappa shape index (κ1) is 11.8. The number of nitrogens with one attached hydrogen (secondary N) is 1. The lowest BCUT2D eigenvalue weighted by molar-refractivity contribution is 0.590. The molecule has 1 N–H and O–H groups in total. The Kier molecular flexibility index (Phi) is 4.09. The Bertz CT molecular complexity index is 442. The quantitative estimate of drug-likeness (QED) is 0.935. The molecule has 1 atom stereocenters. The summed E-state index contributed by atoms with van der Waals surface area (Å²) in [5.74, 6) is 0. The molecule has 0 bridgehead atoms. The zero-order valence-corrected chi connectivity index (χ0v) is 11.4. The summed E-state index contributed by atoms with van der Waals surface area (Å²) in [4.78, 5) is 4.20. The molecule has 2 rings (SSSR count). The van der Waals surface area contributed by atoms with Crippen LogP contribution in [-0.2, 0) is 6.42 Å². The van der Waals surface area contributed by atoms with E-state index in [0.717, 1.165) is 10.9 Å². The predicted octanol–water partition coefficient (Wildman–Crippen LogP) is 3.41. The van der Waals surface area contributed by atoms with E-state index >= 15 is 0 Å². The van der Waals surface area contributed by atoms with E-state index in [1.54, 1.807) is 17.5 Å². The molecule has 0 aliphatic rings. The van der Waals surface area contributed by atoms with Gasteiger partial charge >= 0.3 is 0 Å². The Morgan fingerprint density at radius 1 is 1.50 bits per heavy atom. The van der Waals surface area contributed by atoms with E-state index in [9.17, 15) is 0 Å². The van der Waals surface area contributed by atoms with Crippen LogP contribution in [0.5, 0.6) is 0 Å². The standard InChI is InChI=1S/C12H13BrN2S/c1-14-12(4-9-2-3-16-8-9)10-5-11(13)7-15-6-10/h2-3,5-8,12,14H,4H2,1H3. The molecule has 2 nitrogen and oxygen atoms in total. The van der Waals surface area contributed by atoms with E-state index in [1.165, 1.54) is 11.1 Å². The van der Waals surface area contributed by atoms with Crippen LogP contribution in [0, 0.1) is 0 Å². The van der Waals surface area contributed by atoms with Gasteiger partial charge in [0, 0.05) is 22.9 Å². The maximum absolute atomic E-state index is 4.20. The van der Waals surface area contributed by atoms with E-state index in [4.69, 9.17) is 0 Å². The van der Waals surface area contributed by atoms with Crippen LogP contribution in [0.2, 0.25) is 0 Å². The Morgan fingerprint density at radius 3 is 3.00 bits per heavy atom. The third-order valence-electron chi connectivity index (χ3n) is 2.50. The lowest BCUT2D eigenvalue weighted by Crippen LogP contribution is -2.18. The first-order chi connectivity index (χ1) is 7.79. The second-order valence-electron chi connectivity index (χ2n) is 3.61. The Morgan fingerprint density at radius 2 is 2.38 bits per heavy atom. The normalized spacial score (nSPS) is 12.6. The van der Waals surface area contributed by atoms with Crippen molar-refractivity contribution in [3.8, 4) is 0 Å². The molecule has 0 amide bonds. The predicted molar refractivity (Wildman–Crippen MR) is 71.8 cm³/mol. The molecule has 2 aromatic rings.